The van der Waals surface area contributed by atoms with Crippen LogP contribution in [0.2, 0.25) is 0 Å². The smallest absolute Gasteiger partial charge is 0.255 e. The lowest BCUT2D eigenvalue weighted by atomic mass is 10.2. The summed E-state index contributed by atoms with van der Waals surface area (Å²) in [5.74, 6) is 0.560. The minimum atomic E-state index is -3.49. The van der Waals surface area contributed by atoms with Crippen molar-refractivity contribution < 1.29 is 13.2 Å². The highest BCUT2D eigenvalue weighted by atomic mass is 32.2. The molecule has 156 valence electrons. The predicted octanol–water partition coefficient (Wildman–Crippen LogP) is 3.35. The molecule has 3 rings (SSSR count). The zero-order valence-electron chi connectivity index (χ0n) is 17.0. The first kappa shape index (κ1) is 21.3. The van der Waals surface area contributed by atoms with Crippen LogP contribution in [-0.2, 0) is 10.0 Å². The first-order valence-corrected chi connectivity index (χ1v) is 11.5. The molecule has 1 aromatic heterocycles. The number of piperidine rings is 1. The summed E-state index contributed by atoms with van der Waals surface area (Å²) in [6, 6.07) is 9.78. The molecule has 1 saturated heterocycles. The van der Waals surface area contributed by atoms with E-state index in [1.165, 1.54) is 16.4 Å². The van der Waals surface area contributed by atoms with E-state index < -0.39 is 10.0 Å². The molecule has 8 heteroatoms. The Morgan fingerprint density at radius 2 is 1.69 bits per heavy atom. The second-order valence-corrected chi connectivity index (χ2v) is 8.96. The van der Waals surface area contributed by atoms with Crippen molar-refractivity contribution in [2.45, 2.75) is 38.0 Å². The van der Waals surface area contributed by atoms with E-state index in [-0.39, 0.29) is 10.8 Å². The molecule has 1 amide bonds. The lowest BCUT2D eigenvalue weighted by molar-refractivity contribution is 0.102. The van der Waals surface area contributed by atoms with Crippen molar-refractivity contribution in [2.75, 3.05) is 36.4 Å². The van der Waals surface area contributed by atoms with Gasteiger partial charge in [-0.05, 0) is 63.1 Å². The number of nitrogens with one attached hydrogen (secondary N) is 1. The highest BCUT2D eigenvalue weighted by Gasteiger charge is 2.25. The molecule has 7 nitrogen and oxygen atoms in total. The van der Waals surface area contributed by atoms with Crippen molar-refractivity contribution in [3.05, 3.63) is 48.2 Å². The number of hydrogen-bond donors (Lipinski definition) is 1. The van der Waals surface area contributed by atoms with Gasteiger partial charge < -0.3 is 10.2 Å². The Morgan fingerprint density at radius 1 is 1.03 bits per heavy atom. The molecular weight excluding hydrogens is 388 g/mol. The van der Waals surface area contributed by atoms with Gasteiger partial charge in [-0.2, -0.15) is 4.31 Å². The molecule has 0 saturated carbocycles. The van der Waals surface area contributed by atoms with Gasteiger partial charge in [0.05, 0.1) is 16.8 Å². The van der Waals surface area contributed by atoms with Gasteiger partial charge in [0.2, 0.25) is 10.0 Å². The number of carbonyl (C=O) groups excluding carboxylic acids is 1. The molecule has 1 aliphatic heterocycles. The SMILES string of the molecule is CCN(CC)c1ccc(NC(=O)c2ccc(S(=O)(=O)N3CCCCC3)cc2)cn1. The van der Waals surface area contributed by atoms with E-state index in [9.17, 15) is 13.2 Å². The zero-order valence-corrected chi connectivity index (χ0v) is 17.8. The van der Waals surface area contributed by atoms with Gasteiger partial charge in [-0.15, -0.1) is 0 Å². The number of aromatic nitrogens is 1. The van der Waals surface area contributed by atoms with Crippen LogP contribution in [0.1, 0.15) is 43.5 Å². The van der Waals surface area contributed by atoms with Crippen molar-refractivity contribution in [1.29, 1.82) is 0 Å². The van der Waals surface area contributed by atoms with Gasteiger partial charge in [0, 0.05) is 31.7 Å². The molecule has 2 aromatic rings. The summed E-state index contributed by atoms with van der Waals surface area (Å²) in [7, 11) is -3.49. The largest absolute Gasteiger partial charge is 0.357 e. The number of benzene rings is 1. The van der Waals surface area contributed by atoms with E-state index in [0.29, 0.717) is 24.3 Å². The summed E-state index contributed by atoms with van der Waals surface area (Å²) in [5, 5.41) is 2.80. The van der Waals surface area contributed by atoms with Crippen LogP contribution in [0.3, 0.4) is 0 Å². The van der Waals surface area contributed by atoms with E-state index in [1.54, 1.807) is 18.3 Å². The predicted molar refractivity (Wildman–Crippen MR) is 115 cm³/mol. The highest BCUT2D eigenvalue weighted by Crippen LogP contribution is 2.21. The maximum atomic E-state index is 12.7. The van der Waals surface area contributed by atoms with Gasteiger partial charge in [0.15, 0.2) is 0 Å². The van der Waals surface area contributed by atoms with E-state index in [1.807, 2.05) is 12.1 Å². The summed E-state index contributed by atoms with van der Waals surface area (Å²) >= 11 is 0. The van der Waals surface area contributed by atoms with E-state index in [2.05, 4.69) is 29.0 Å². The molecule has 29 heavy (non-hydrogen) atoms. The van der Waals surface area contributed by atoms with Gasteiger partial charge in [0.25, 0.3) is 5.91 Å². The molecule has 1 aromatic carbocycles. The molecule has 0 aliphatic carbocycles. The number of carbonyl (C=O) groups is 1. The average Bonchev–Trinajstić information content (AvgIpc) is 2.76. The second-order valence-electron chi connectivity index (χ2n) is 7.02. The van der Waals surface area contributed by atoms with Gasteiger partial charge in [-0.3, -0.25) is 4.79 Å². The molecular formula is C21H28N4O3S. The Kier molecular flexibility index (Phi) is 6.87. The number of nitrogens with zero attached hydrogens (tertiary/aromatic N) is 3. The molecule has 0 unspecified atom stereocenters. The van der Waals surface area contributed by atoms with E-state index in [4.69, 9.17) is 0 Å². The number of rotatable bonds is 7. The third-order valence-electron chi connectivity index (χ3n) is 5.16. The molecule has 1 fully saturated rings. The summed E-state index contributed by atoms with van der Waals surface area (Å²) in [6.45, 7) is 6.97. The van der Waals surface area contributed by atoms with Crippen LogP contribution in [0.15, 0.2) is 47.5 Å². The Labute approximate surface area is 172 Å². The van der Waals surface area contributed by atoms with E-state index >= 15 is 0 Å². The van der Waals surface area contributed by atoms with Crippen molar-refractivity contribution >= 4 is 27.4 Å². The monoisotopic (exact) mass is 416 g/mol. The van der Waals surface area contributed by atoms with Crippen LogP contribution >= 0.6 is 0 Å². The van der Waals surface area contributed by atoms with Gasteiger partial charge in [0.1, 0.15) is 5.82 Å². The summed E-state index contributed by atoms with van der Waals surface area (Å²) < 4.78 is 26.9. The number of sulfonamides is 1. The first-order valence-electron chi connectivity index (χ1n) is 10.1. The molecule has 0 atom stereocenters. The molecule has 0 radical (unpaired) electrons. The molecule has 0 spiro atoms. The van der Waals surface area contributed by atoms with Crippen LogP contribution in [0, 0.1) is 0 Å². The number of pyridine rings is 1. The Balaban J connectivity index is 1.67. The van der Waals surface area contributed by atoms with Crippen molar-refractivity contribution in [1.82, 2.24) is 9.29 Å². The fourth-order valence-electron chi connectivity index (χ4n) is 3.43. The Bertz CT molecular complexity index is 917. The molecule has 0 bridgehead atoms. The van der Waals surface area contributed by atoms with E-state index in [0.717, 1.165) is 38.2 Å². The zero-order chi connectivity index (χ0) is 20.9. The third-order valence-corrected chi connectivity index (χ3v) is 7.08. The van der Waals surface area contributed by atoms with Crippen LogP contribution in [-0.4, -0.2) is 49.8 Å². The lowest BCUT2D eigenvalue weighted by Crippen LogP contribution is -2.35. The summed E-state index contributed by atoms with van der Waals surface area (Å²) in [4.78, 5) is 19.2. The van der Waals surface area contributed by atoms with Gasteiger partial charge in [-0.1, -0.05) is 6.42 Å². The van der Waals surface area contributed by atoms with Gasteiger partial charge in [-0.25, -0.2) is 13.4 Å². The summed E-state index contributed by atoms with van der Waals surface area (Å²) in [5.41, 5.74) is 0.992. The van der Waals surface area contributed by atoms with Gasteiger partial charge >= 0.3 is 0 Å². The average molecular weight is 417 g/mol. The molecule has 2 heterocycles. The topological polar surface area (TPSA) is 82.6 Å². The highest BCUT2D eigenvalue weighted by molar-refractivity contribution is 7.89. The standard InChI is InChI=1S/C21H28N4O3S/c1-3-24(4-2)20-13-10-18(16-22-20)23-21(26)17-8-11-19(12-9-17)29(27,28)25-14-6-5-7-15-25/h8-13,16H,3-7,14-15H2,1-2H3,(H,23,26). The maximum Gasteiger partial charge on any atom is 0.255 e. The fourth-order valence-corrected chi connectivity index (χ4v) is 4.95. The Morgan fingerprint density at radius 3 is 2.24 bits per heavy atom. The maximum absolute atomic E-state index is 12.7. The minimum absolute atomic E-state index is 0.223. The van der Waals surface area contributed by atoms with Crippen LogP contribution in [0.25, 0.3) is 0 Å². The Hall–Kier alpha value is -2.45. The summed E-state index contributed by atoms with van der Waals surface area (Å²) in [6.07, 6.45) is 4.47. The number of amides is 1. The lowest BCUT2D eigenvalue weighted by Gasteiger charge is -2.25. The van der Waals surface area contributed by atoms with Crippen molar-refractivity contribution in [2.24, 2.45) is 0 Å². The normalized spacial score (nSPS) is 15.1. The molecule has 1 aliphatic rings. The first-order chi connectivity index (χ1) is 14.0. The molecule has 1 N–H and O–H groups in total. The van der Waals surface area contributed by atoms with Crippen molar-refractivity contribution in [3.8, 4) is 0 Å². The third kappa shape index (κ3) is 4.94. The van der Waals surface area contributed by atoms with Crippen LogP contribution in [0.5, 0.6) is 0 Å². The number of anilines is 2. The fraction of sp³-hybridized carbons (Fsp3) is 0.429. The van der Waals surface area contributed by atoms with Crippen LogP contribution in [0.4, 0.5) is 11.5 Å². The van der Waals surface area contributed by atoms with Crippen molar-refractivity contribution in [3.63, 3.8) is 0 Å². The van der Waals surface area contributed by atoms with Crippen LogP contribution < -0.4 is 10.2 Å². The minimum Gasteiger partial charge on any atom is -0.357 e. The quantitative estimate of drug-likeness (QED) is 0.748. The second kappa shape index (κ2) is 9.37. The number of hydrogen-bond acceptors (Lipinski definition) is 5.